The molecule has 142 valence electrons. The minimum absolute atomic E-state index is 0.0499. The zero-order valence-corrected chi connectivity index (χ0v) is 16.1. The second kappa shape index (κ2) is 9.03. The molecule has 1 amide bonds. The molecule has 2 rings (SSSR count). The summed E-state index contributed by atoms with van der Waals surface area (Å²) in [5.74, 6) is -0.226. The van der Waals surface area contributed by atoms with Crippen molar-refractivity contribution in [1.82, 2.24) is 0 Å². The summed E-state index contributed by atoms with van der Waals surface area (Å²) in [6.45, 7) is 6.03. The Bertz CT molecular complexity index is 800. The quantitative estimate of drug-likeness (QED) is 0.614. The first-order valence-electron chi connectivity index (χ1n) is 8.67. The van der Waals surface area contributed by atoms with Crippen molar-refractivity contribution in [2.24, 2.45) is 0 Å². The summed E-state index contributed by atoms with van der Waals surface area (Å²) in [7, 11) is 1.59. The third kappa shape index (κ3) is 6.62. The van der Waals surface area contributed by atoms with Crippen LogP contribution >= 0.6 is 0 Å². The van der Waals surface area contributed by atoms with Crippen molar-refractivity contribution in [2.75, 3.05) is 19.0 Å². The molecule has 0 spiro atoms. The molecule has 0 heterocycles. The SMILES string of the molecule is COc1ccc(/C=C/C(=O)OCC(=O)Nc2ccc(C(C)(C)C)cc2)cc1. The Hall–Kier alpha value is -3.08. The topological polar surface area (TPSA) is 64.6 Å². The third-order valence-electron chi connectivity index (χ3n) is 3.91. The molecule has 5 heteroatoms. The van der Waals surface area contributed by atoms with Crippen LogP contribution in [0.3, 0.4) is 0 Å². The van der Waals surface area contributed by atoms with E-state index in [1.54, 1.807) is 25.3 Å². The molecule has 0 fully saturated rings. The lowest BCUT2D eigenvalue weighted by molar-refractivity contribution is -0.142. The average Bonchev–Trinajstić information content (AvgIpc) is 2.65. The maximum absolute atomic E-state index is 11.9. The molecule has 0 unspecified atom stereocenters. The number of carbonyl (C=O) groups is 2. The van der Waals surface area contributed by atoms with Gasteiger partial charge in [-0.1, -0.05) is 45.0 Å². The van der Waals surface area contributed by atoms with Crippen LogP contribution in [0.2, 0.25) is 0 Å². The first-order valence-corrected chi connectivity index (χ1v) is 8.67. The molecule has 0 bridgehead atoms. The highest BCUT2D eigenvalue weighted by molar-refractivity contribution is 5.94. The Morgan fingerprint density at radius 1 is 1.00 bits per heavy atom. The molecule has 0 saturated carbocycles. The number of nitrogens with one attached hydrogen (secondary N) is 1. The van der Waals surface area contributed by atoms with Crippen LogP contribution in [0.5, 0.6) is 5.75 Å². The van der Waals surface area contributed by atoms with E-state index in [2.05, 4.69) is 26.1 Å². The van der Waals surface area contributed by atoms with E-state index in [1.165, 1.54) is 11.6 Å². The van der Waals surface area contributed by atoms with Crippen molar-refractivity contribution in [3.63, 3.8) is 0 Å². The summed E-state index contributed by atoms with van der Waals surface area (Å²) in [4.78, 5) is 23.7. The van der Waals surface area contributed by atoms with Gasteiger partial charge >= 0.3 is 5.97 Å². The van der Waals surface area contributed by atoms with Crippen molar-refractivity contribution >= 4 is 23.6 Å². The summed E-state index contributed by atoms with van der Waals surface area (Å²) in [5, 5.41) is 2.71. The van der Waals surface area contributed by atoms with Crippen LogP contribution in [0.25, 0.3) is 6.08 Å². The molecule has 0 aliphatic carbocycles. The van der Waals surface area contributed by atoms with Gasteiger partial charge in [-0.05, 0) is 46.9 Å². The molecule has 2 aromatic carbocycles. The van der Waals surface area contributed by atoms with Crippen molar-refractivity contribution in [2.45, 2.75) is 26.2 Å². The van der Waals surface area contributed by atoms with Gasteiger partial charge in [0, 0.05) is 11.8 Å². The standard InChI is InChI=1S/C22H25NO4/c1-22(2,3)17-8-10-18(11-9-17)23-20(24)15-27-21(25)14-7-16-5-12-19(26-4)13-6-16/h5-14H,15H2,1-4H3,(H,23,24)/b14-7+. The van der Waals surface area contributed by atoms with E-state index in [9.17, 15) is 9.59 Å². The second-order valence-corrected chi connectivity index (χ2v) is 7.09. The number of amides is 1. The van der Waals surface area contributed by atoms with Gasteiger partial charge in [0.2, 0.25) is 0 Å². The molecule has 0 atom stereocenters. The molecular weight excluding hydrogens is 342 g/mol. The second-order valence-electron chi connectivity index (χ2n) is 7.09. The van der Waals surface area contributed by atoms with Gasteiger partial charge in [-0.3, -0.25) is 4.79 Å². The van der Waals surface area contributed by atoms with Crippen LogP contribution in [0.4, 0.5) is 5.69 Å². The number of benzene rings is 2. The van der Waals surface area contributed by atoms with Crippen molar-refractivity contribution < 1.29 is 19.1 Å². The minimum atomic E-state index is -0.580. The lowest BCUT2D eigenvalue weighted by Gasteiger charge is -2.19. The van der Waals surface area contributed by atoms with E-state index in [-0.39, 0.29) is 17.9 Å². The van der Waals surface area contributed by atoms with Gasteiger partial charge in [-0.25, -0.2) is 4.79 Å². The molecular formula is C22H25NO4. The molecule has 0 radical (unpaired) electrons. The number of ether oxygens (including phenoxy) is 2. The first kappa shape index (κ1) is 20.2. The van der Waals surface area contributed by atoms with E-state index >= 15 is 0 Å². The monoisotopic (exact) mass is 367 g/mol. The van der Waals surface area contributed by atoms with Crippen LogP contribution in [-0.4, -0.2) is 25.6 Å². The number of esters is 1. The van der Waals surface area contributed by atoms with Gasteiger partial charge in [0.15, 0.2) is 6.61 Å². The van der Waals surface area contributed by atoms with Gasteiger partial charge in [0.05, 0.1) is 7.11 Å². The fourth-order valence-corrected chi connectivity index (χ4v) is 2.31. The van der Waals surface area contributed by atoms with E-state index < -0.39 is 5.97 Å². The zero-order chi connectivity index (χ0) is 19.9. The largest absolute Gasteiger partial charge is 0.497 e. The highest BCUT2D eigenvalue weighted by Crippen LogP contribution is 2.23. The lowest BCUT2D eigenvalue weighted by atomic mass is 9.87. The minimum Gasteiger partial charge on any atom is -0.497 e. The van der Waals surface area contributed by atoms with Crippen LogP contribution in [0.15, 0.2) is 54.6 Å². The molecule has 5 nitrogen and oxygen atoms in total. The number of hydrogen-bond donors (Lipinski definition) is 1. The zero-order valence-electron chi connectivity index (χ0n) is 16.1. The van der Waals surface area contributed by atoms with Crippen molar-refractivity contribution in [3.8, 4) is 5.75 Å². The fraction of sp³-hybridized carbons (Fsp3) is 0.273. The van der Waals surface area contributed by atoms with E-state index in [0.717, 1.165) is 11.3 Å². The number of methoxy groups -OCH3 is 1. The van der Waals surface area contributed by atoms with Gasteiger partial charge in [0.25, 0.3) is 5.91 Å². The normalized spacial score (nSPS) is 11.3. The van der Waals surface area contributed by atoms with Crippen LogP contribution in [-0.2, 0) is 19.7 Å². The molecule has 0 saturated heterocycles. The number of rotatable bonds is 6. The Morgan fingerprint density at radius 3 is 2.19 bits per heavy atom. The van der Waals surface area contributed by atoms with Gasteiger partial charge < -0.3 is 14.8 Å². The lowest BCUT2D eigenvalue weighted by Crippen LogP contribution is -2.20. The average molecular weight is 367 g/mol. The van der Waals surface area contributed by atoms with Gasteiger partial charge in [-0.2, -0.15) is 0 Å². The summed E-state index contributed by atoms with van der Waals surface area (Å²) in [6.07, 6.45) is 2.90. The fourth-order valence-electron chi connectivity index (χ4n) is 2.31. The third-order valence-corrected chi connectivity index (χ3v) is 3.91. The summed E-state index contributed by atoms with van der Waals surface area (Å²) >= 11 is 0. The Kier molecular flexibility index (Phi) is 6.77. The number of carbonyl (C=O) groups excluding carboxylic acids is 2. The van der Waals surface area contributed by atoms with Crippen molar-refractivity contribution in [1.29, 1.82) is 0 Å². The van der Waals surface area contributed by atoms with E-state index in [4.69, 9.17) is 9.47 Å². The summed E-state index contributed by atoms with van der Waals surface area (Å²) < 4.78 is 10.0. The maximum Gasteiger partial charge on any atom is 0.331 e. The summed E-state index contributed by atoms with van der Waals surface area (Å²) in [5.41, 5.74) is 2.72. The molecule has 27 heavy (non-hydrogen) atoms. The predicted octanol–water partition coefficient (Wildman–Crippen LogP) is 4.19. The molecule has 0 aliphatic heterocycles. The Labute approximate surface area is 160 Å². The molecule has 2 aromatic rings. The number of anilines is 1. The summed E-state index contributed by atoms with van der Waals surface area (Å²) in [6, 6.07) is 14.8. The van der Waals surface area contributed by atoms with Gasteiger partial charge in [-0.15, -0.1) is 0 Å². The van der Waals surface area contributed by atoms with Crippen LogP contribution in [0, 0.1) is 0 Å². The predicted molar refractivity (Wildman–Crippen MR) is 107 cm³/mol. The smallest absolute Gasteiger partial charge is 0.331 e. The van der Waals surface area contributed by atoms with Crippen LogP contribution in [0.1, 0.15) is 31.9 Å². The highest BCUT2D eigenvalue weighted by Gasteiger charge is 2.13. The molecule has 1 N–H and O–H groups in total. The number of hydrogen-bond acceptors (Lipinski definition) is 4. The van der Waals surface area contributed by atoms with E-state index in [1.807, 2.05) is 36.4 Å². The molecule has 0 aromatic heterocycles. The highest BCUT2D eigenvalue weighted by atomic mass is 16.5. The van der Waals surface area contributed by atoms with E-state index in [0.29, 0.717) is 5.69 Å². The van der Waals surface area contributed by atoms with Crippen molar-refractivity contribution in [3.05, 3.63) is 65.7 Å². The first-order chi connectivity index (χ1) is 12.8. The van der Waals surface area contributed by atoms with Crippen LogP contribution < -0.4 is 10.1 Å². The van der Waals surface area contributed by atoms with Gasteiger partial charge in [0.1, 0.15) is 5.75 Å². The Balaban J connectivity index is 1.80. The maximum atomic E-state index is 11.9. The Morgan fingerprint density at radius 2 is 1.63 bits per heavy atom. The molecule has 0 aliphatic rings.